The minimum Gasteiger partial charge on any atom is -0.241 e. The van der Waals surface area contributed by atoms with Crippen LogP contribution in [0.4, 0.5) is 22.0 Å². The van der Waals surface area contributed by atoms with E-state index in [9.17, 15) is 22.0 Å². The molecular weight excluding hydrogens is 587 g/mol. The van der Waals surface area contributed by atoms with Crippen LogP contribution in [0.15, 0.2) is 83.0 Å². The van der Waals surface area contributed by atoms with E-state index in [2.05, 4.69) is 20.1 Å². The third-order valence-electron chi connectivity index (χ3n) is 7.82. The Balaban J connectivity index is 1.48. The van der Waals surface area contributed by atoms with Crippen molar-refractivity contribution in [3.05, 3.63) is 129 Å². The predicted octanol–water partition coefficient (Wildman–Crippen LogP) is 8.37. The first-order chi connectivity index (χ1) is 21.6. The Hall–Kier alpha value is -6.07. The third kappa shape index (κ3) is 4.36. The lowest BCUT2D eigenvalue weighted by molar-refractivity contribution is -0.139. The molecule has 0 atom stereocenters. The predicted molar refractivity (Wildman–Crippen MR) is 159 cm³/mol. The number of rotatable bonds is 2. The Morgan fingerprint density at radius 1 is 0.578 bits per heavy atom. The van der Waals surface area contributed by atoms with Crippen LogP contribution in [0.2, 0.25) is 0 Å². The van der Waals surface area contributed by atoms with Crippen molar-refractivity contribution in [2.24, 2.45) is 10.2 Å². The smallest absolute Gasteiger partial charge is 0.241 e. The molecule has 6 nitrogen and oxygen atoms in total. The first-order valence-corrected chi connectivity index (χ1v) is 13.3. The molecule has 0 amide bonds. The maximum atomic E-state index is 14.4. The van der Waals surface area contributed by atoms with Crippen molar-refractivity contribution in [3.8, 4) is 22.3 Å². The van der Waals surface area contributed by atoms with Gasteiger partial charge in [0, 0.05) is 21.5 Å². The number of hydrogen-bond acceptors (Lipinski definition) is 4. The number of benzene rings is 4. The summed E-state index contributed by atoms with van der Waals surface area (Å²) >= 11 is 0. The highest BCUT2D eigenvalue weighted by atomic mass is 19.4. The highest BCUT2D eigenvalue weighted by Gasteiger charge is 2.34. The summed E-state index contributed by atoms with van der Waals surface area (Å²) in [5.74, 6) is -1.75. The molecule has 0 saturated heterocycles. The summed E-state index contributed by atoms with van der Waals surface area (Å²) in [6.45, 7) is 16.5. The molecule has 45 heavy (non-hydrogen) atoms. The van der Waals surface area contributed by atoms with Crippen LogP contribution in [-0.4, -0.2) is 9.97 Å². The van der Waals surface area contributed by atoms with E-state index in [1.54, 1.807) is 55.5 Å². The topological polar surface area (TPSA) is 59.2 Å². The van der Waals surface area contributed by atoms with Crippen LogP contribution in [-0.2, 0) is 6.18 Å². The number of aromatic nitrogens is 2. The summed E-state index contributed by atoms with van der Waals surface area (Å²) in [7, 11) is 0. The van der Waals surface area contributed by atoms with Gasteiger partial charge in [-0.05, 0) is 65.1 Å². The minimum absolute atomic E-state index is 0.198. The zero-order chi connectivity index (χ0) is 31.6. The van der Waals surface area contributed by atoms with Gasteiger partial charge in [-0.15, -0.1) is 9.91 Å². The zero-order valence-electron chi connectivity index (χ0n) is 23.0. The molecular formula is C34H15F5N6. The molecule has 216 valence electrons. The van der Waals surface area contributed by atoms with Crippen molar-refractivity contribution in [1.82, 2.24) is 9.97 Å². The molecule has 0 fully saturated rings. The lowest BCUT2D eigenvalue weighted by atomic mass is 10.0. The number of alkyl halides is 3. The number of nitrogens with zero attached hydrogens (tertiary/aromatic N) is 6. The van der Waals surface area contributed by atoms with Gasteiger partial charge in [0.05, 0.1) is 26.8 Å². The summed E-state index contributed by atoms with van der Waals surface area (Å²) in [5, 5.41) is 10.7. The van der Waals surface area contributed by atoms with Gasteiger partial charge in [-0.2, -0.15) is 26.3 Å². The van der Waals surface area contributed by atoms with Crippen LogP contribution >= 0.6 is 0 Å². The fraction of sp³-hybridized carbons (Fsp3) is 0.0588. The van der Waals surface area contributed by atoms with E-state index >= 15 is 0 Å². The van der Waals surface area contributed by atoms with Crippen molar-refractivity contribution in [3.63, 3.8) is 0 Å². The summed E-state index contributed by atoms with van der Waals surface area (Å²) in [4.78, 5) is 16.1. The molecule has 1 heterocycles. The first kappa shape index (κ1) is 27.7. The van der Waals surface area contributed by atoms with Crippen LogP contribution in [0.1, 0.15) is 11.1 Å². The minimum atomic E-state index is -4.83. The molecule has 0 saturated carbocycles. The molecule has 0 aliphatic carbocycles. The van der Waals surface area contributed by atoms with E-state index in [1.807, 2.05) is 0 Å². The van der Waals surface area contributed by atoms with Crippen molar-refractivity contribution < 1.29 is 22.0 Å². The van der Waals surface area contributed by atoms with Gasteiger partial charge in [-0.1, -0.05) is 42.5 Å². The maximum Gasteiger partial charge on any atom is 0.419 e. The molecule has 0 radical (unpaired) electrons. The van der Waals surface area contributed by atoms with E-state index in [4.69, 9.17) is 23.1 Å². The van der Waals surface area contributed by atoms with Gasteiger partial charge < -0.3 is 0 Å². The van der Waals surface area contributed by atoms with Gasteiger partial charge in [0.25, 0.3) is 0 Å². The van der Waals surface area contributed by atoms with Gasteiger partial charge in [-0.3, -0.25) is 0 Å². The van der Waals surface area contributed by atoms with Crippen LogP contribution in [0.3, 0.4) is 0 Å². The highest BCUT2D eigenvalue weighted by molar-refractivity contribution is 6.15. The molecule has 0 aliphatic rings. The lowest BCUT2D eigenvalue weighted by Crippen LogP contribution is -2.07. The van der Waals surface area contributed by atoms with Gasteiger partial charge in [0.15, 0.2) is 10.7 Å². The average Bonchev–Trinajstić information content (AvgIpc) is 3.48. The molecule has 0 aliphatic heterocycles. The highest BCUT2D eigenvalue weighted by Crippen LogP contribution is 2.35. The molecule has 6 aromatic carbocycles. The molecule has 7 aromatic rings. The Morgan fingerprint density at radius 2 is 1.02 bits per heavy atom. The molecule has 0 unspecified atom stereocenters. The second kappa shape index (κ2) is 10.00. The van der Waals surface area contributed by atoms with Crippen molar-refractivity contribution in [2.45, 2.75) is 13.1 Å². The van der Waals surface area contributed by atoms with Crippen LogP contribution in [0.5, 0.6) is 0 Å². The summed E-state index contributed by atoms with van der Waals surface area (Å²) < 4.78 is 68.0. The number of hydrogen-bond donors (Lipinski definition) is 0. The lowest BCUT2D eigenvalue weighted by Gasteiger charge is -2.09. The van der Waals surface area contributed by atoms with Gasteiger partial charge in [-0.25, -0.2) is 18.7 Å². The van der Waals surface area contributed by atoms with E-state index in [0.29, 0.717) is 71.9 Å². The SMILES string of the molecule is [C-]#[N+]/N=c1/c2cc(-c3ccc(C(F)(F)F)c(F)c3)ccc2c2nc3/c(=N/[N+]#[C-])c4cc(-c5ccc(C)c(F)c5)ccc4c3nc12. The Bertz CT molecular complexity index is 2600. The fourth-order valence-corrected chi connectivity index (χ4v) is 5.65. The Kier molecular flexibility index (Phi) is 6.16. The molecule has 11 heteroatoms. The standard InChI is InChI=1S/C34H15F5N6/c1-16-4-5-19(14-26(16)35)17-6-9-21-23(12-17)30(44-40-2)32-28(21)42-33-29(43-32)22-10-7-18(13-24(22)31(33)45-41-3)20-8-11-25(27(36)15-20)34(37,38)39/h4-15H,1H3/b44-30+,45-31-. The van der Waals surface area contributed by atoms with Gasteiger partial charge in [0.1, 0.15) is 22.7 Å². The summed E-state index contributed by atoms with van der Waals surface area (Å²) in [6, 6.07) is 17.9. The van der Waals surface area contributed by atoms with Gasteiger partial charge in [0.2, 0.25) is 0 Å². The number of fused-ring (bicyclic) bond motifs is 6. The first-order valence-electron chi connectivity index (χ1n) is 13.3. The van der Waals surface area contributed by atoms with E-state index in [-0.39, 0.29) is 22.1 Å². The molecule has 1 aromatic heterocycles. The second-order valence-corrected chi connectivity index (χ2v) is 10.4. The van der Waals surface area contributed by atoms with E-state index < -0.39 is 17.6 Å². The quantitative estimate of drug-likeness (QED) is 0.113. The molecule has 0 bridgehead atoms. The number of aryl methyl sites for hydroxylation is 1. The van der Waals surface area contributed by atoms with E-state index in [1.165, 1.54) is 12.1 Å². The number of halogens is 5. The third-order valence-corrected chi connectivity index (χ3v) is 7.82. The maximum absolute atomic E-state index is 14.4. The van der Waals surface area contributed by atoms with Crippen molar-refractivity contribution >= 4 is 43.6 Å². The fourth-order valence-electron chi connectivity index (χ4n) is 5.65. The second-order valence-electron chi connectivity index (χ2n) is 10.4. The monoisotopic (exact) mass is 602 g/mol. The van der Waals surface area contributed by atoms with Crippen LogP contribution in [0.25, 0.3) is 75.8 Å². The van der Waals surface area contributed by atoms with Crippen LogP contribution < -0.4 is 10.7 Å². The van der Waals surface area contributed by atoms with Crippen molar-refractivity contribution in [1.29, 1.82) is 0 Å². The van der Waals surface area contributed by atoms with Crippen LogP contribution in [0, 0.1) is 31.7 Å². The largest absolute Gasteiger partial charge is 0.419 e. The Labute approximate surface area is 250 Å². The molecule has 7 rings (SSSR count). The normalized spacial score (nSPS) is 12.9. The molecule has 0 spiro atoms. The zero-order valence-corrected chi connectivity index (χ0v) is 23.0. The summed E-state index contributed by atoms with van der Waals surface area (Å²) in [6.07, 6.45) is -4.83. The van der Waals surface area contributed by atoms with Crippen molar-refractivity contribution in [2.75, 3.05) is 0 Å². The molecule has 0 N–H and O–H groups in total. The van der Waals surface area contributed by atoms with E-state index in [0.717, 1.165) is 6.07 Å². The Morgan fingerprint density at radius 3 is 1.47 bits per heavy atom. The summed E-state index contributed by atoms with van der Waals surface area (Å²) in [5.41, 5.74) is 2.55. The van der Waals surface area contributed by atoms with Gasteiger partial charge >= 0.3 is 6.18 Å². The average molecular weight is 603 g/mol.